The van der Waals surface area contributed by atoms with Crippen LogP contribution in [0.4, 0.5) is 0 Å². The Labute approximate surface area is 164 Å². The second kappa shape index (κ2) is 12.0. The summed E-state index contributed by atoms with van der Waals surface area (Å²) in [6, 6.07) is 2.77. The lowest BCUT2D eigenvalue weighted by Crippen LogP contribution is -2.27. The predicted molar refractivity (Wildman–Crippen MR) is 113 cm³/mol. The first kappa shape index (κ1) is 21.8. The van der Waals surface area contributed by atoms with Gasteiger partial charge in [-0.05, 0) is 56.3 Å². The highest BCUT2D eigenvalue weighted by Crippen LogP contribution is 2.45. The monoisotopic (exact) mass is 359 g/mol. The number of hydrogen-bond acceptors (Lipinski definition) is 1. The molecule has 2 fully saturated rings. The van der Waals surface area contributed by atoms with E-state index >= 15 is 0 Å². The first-order chi connectivity index (χ1) is 12.7. The van der Waals surface area contributed by atoms with Gasteiger partial charge in [0.1, 0.15) is 0 Å². The van der Waals surface area contributed by atoms with Crippen molar-refractivity contribution >= 4 is 0 Å². The van der Waals surface area contributed by atoms with Crippen molar-refractivity contribution in [1.29, 1.82) is 5.26 Å². The number of rotatable bonds is 11. The molecular formula is C25H45N. The molecular weight excluding hydrogens is 314 g/mol. The van der Waals surface area contributed by atoms with Crippen LogP contribution in [-0.2, 0) is 0 Å². The fourth-order valence-corrected chi connectivity index (χ4v) is 5.67. The van der Waals surface area contributed by atoms with Crippen molar-refractivity contribution < 1.29 is 0 Å². The van der Waals surface area contributed by atoms with Gasteiger partial charge in [-0.15, -0.1) is 0 Å². The van der Waals surface area contributed by atoms with Gasteiger partial charge in [-0.3, -0.25) is 0 Å². The number of hydrogen-bond donors (Lipinski definition) is 0. The Morgan fingerprint density at radius 1 is 0.692 bits per heavy atom. The summed E-state index contributed by atoms with van der Waals surface area (Å²) < 4.78 is 0. The van der Waals surface area contributed by atoms with E-state index in [1.54, 1.807) is 0 Å². The molecule has 0 atom stereocenters. The summed E-state index contributed by atoms with van der Waals surface area (Å²) in [5, 5.41) is 9.84. The maximum absolute atomic E-state index is 9.84. The van der Waals surface area contributed by atoms with E-state index in [0.29, 0.717) is 0 Å². The van der Waals surface area contributed by atoms with Gasteiger partial charge < -0.3 is 0 Å². The molecule has 0 N–H and O–H groups in total. The van der Waals surface area contributed by atoms with Crippen LogP contribution in [-0.4, -0.2) is 0 Å². The average Bonchev–Trinajstić information content (AvgIpc) is 2.69. The number of nitrogens with zero attached hydrogens (tertiary/aromatic N) is 1. The van der Waals surface area contributed by atoms with Crippen LogP contribution in [0.5, 0.6) is 0 Å². The molecule has 0 aromatic heterocycles. The van der Waals surface area contributed by atoms with Crippen LogP contribution >= 0.6 is 0 Å². The third-order valence-corrected chi connectivity index (χ3v) is 7.71. The molecule has 0 aromatic rings. The standard InChI is InChI=1S/C25H45N/c1-3-5-6-7-8-10-23-11-13-24(14-12-23)17-20-25(21-26)18-15-22(9-4-2)16-19-25/h22-24H,3-20H2,1-2H3/t22-,23-,24-,25-. The van der Waals surface area contributed by atoms with Crippen molar-refractivity contribution in [2.75, 3.05) is 0 Å². The Hall–Kier alpha value is -0.510. The zero-order valence-electron chi connectivity index (χ0n) is 17.9. The molecule has 0 bridgehead atoms. The molecule has 0 saturated heterocycles. The van der Waals surface area contributed by atoms with Gasteiger partial charge in [0.15, 0.2) is 0 Å². The Morgan fingerprint density at radius 3 is 1.85 bits per heavy atom. The number of unbranched alkanes of at least 4 members (excludes halogenated alkanes) is 4. The summed E-state index contributed by atoms with van der Waals surface area (Å²) in [6.45, 7) is 4.60. The minimum atomic E-state index is 0.0420. The van der Waals surface area contributed by atoms with Crippen LogP contribution in [0.3, 0.4) is 0 Å². The van der Waals surface area contributed by atoms with Gasteiger partial charge in [0.05, 0.1) is 11.5 Å². The summed E-state index contributed by atoms with van der Waals surface area (Å²) in [5.74, 6) is 2.85. The molecule has 0 unspecified atom stereocenters. The minimum absolute atomic E-state index is 0.0420. The second-order valence-corrected chi connectivity index (χ2v) is 9.75. The topological polar surface area (TPSA) is 23.8 Å². The Balaban J connectivity index is 1.61. The smallest absolute Gasteiger partial charge is 0.0689 e. The van der Waals surface area contributed by atoms with E-state index < -0.39 is 0 Å². The lowest BCUT2D eigenvalue weighted by atomic mass is 9.66. The molecule has 1 heteroatoms. The van der Waals surface area contributed by atoms with Crippen LogP contribution in [0.25, 0.3) is 0 Å². The van der Waals surface area contributed by atoms with E-state index in [2.05, 4.69) is 19.9 Å². The van der Waals surface area contributed by atoms with Crippen molar-refractivity contribution in [3.8, 4) is 6.07 Å². The molecule has 0 heterocycles. The Kier molecular flexibility index (Phi) is 10.1. The molecule has 2 aliphatic rings. The fraction of sp³-hybridized carbons (Fsp3) is 0.960. The molecule has 0 amide bonds. The minimum Gasteiger partial charge on any atom is -0.198 e. The summed E-state index contributed by atoms with van der Waals surface area (Å²) >= 11 is 0. The largest absolute Gasteiger partial charge is 0.198 e. The maximum Gasteiger partial charge on any atom is 0.0689 e. The molecule has 2 saturated carbocycles. The van der Waals surface area contributed by atoms with Gasteiger partial charge >= 0.3 is 0 Å². The molecule has 0 aliphatic heterocycles. The SMILES string of the molecule is CCCCCCC[C@H]1CC[C@H](CC[C@]2(C#N)CC[C@H](CCC)CC2)CC1. The van der Waals surface area contributed by atoms with E-state index in [1.807, 2.05) is 0 Å². The van der Waals surface area contributed by atoms with Gasteiger partial charge in [0.2, 0.25) is 0 Å². The molecule has 2 rings (SSSR count). The molecule has 0 aromatic carbocycles. The lowest BCUT2D eigenvalue weighted by Gasteiger charge is -2.37. The van der Waals surface area contributed by atoms with E-state index in [-0.39, 0.29) is 5.41 Å². The predicted octanol–water partition coefficient (Wildman–Crippen LogP) is 8.43. The van der Waals surface area contributed by atoms with E-state index in [1.165, 1.54) is 116 Å². The van der Waals surface area contributed by atoms with Crippen LogP contribution in [0.2, 0.25) is 0 Å². The summed E-state index contributed by atoms with van der Waals surface area (Å²) in [4.78, 5) is 0. The van der Waals surface area contributed by atoms with Crippen molar-refractivity contribution in [3.05, 3.63) is 0 Å². The average molecular weight is 360 g/mol. The maximum atomic E-state index is 9.84. The molecule has 26 heavy (non-hydrogen) atoms. The highest BCUT2D eigenvalue weighted by molar-refractivity contribution is 5.01. The summed E-state index contributed by atoms with van der Waals surface area (Å²) in [5.41, 5.74) is 0.0420. The quantitative estimate of drug-likeness (QED) is 0.339. The van der Waals surface area contributed by atoms with Crippen LogP contribution in [0.1, 0.15) is 129 Å². The second-order valence-electron chi connectivity index (χ2n) is 9.75. The normalized spacial score (nSPS) is 32.3. The van der Waals surface area contributed by atoms with Gasteiger partial charge in [0, 0.05) is 0 Å². The highest BCUT2D eigenvalue weighted by atomic mass is 14.4. The zero-order chi connectivity index (χ0) is 18.7. The van der Waals surface area contributed by atoms with Gasteiger partial charge in [-0.1, -0.05) is 90.9 Å². The van der Waals surface area contributed by atoms with Crippen molar-refractivity contribution in [2.45, 2.75) is 129 Å². The lowest BCUT2D eigenvalue weighted by molar-refractivity contribution is 0.163. The third-order valence-electron chi connectivity index (χ3n) is 7.71. The van der Waals surface area contributed by atoms with Crippen molar-refractivity contribution in [1.82, 2.24) is 0 Å². The Bertz CT molecular complexity index is 391. The van der Waals surface area contributed by atoms with Gasteiger partial charge in [-0.25, -0.2) is 0 Å². The molecule has 0 radical (unpaired) electrons. The highest BCUT2D eigenvalue weighted by Gasteiger charge is 2.35. The van der Waals surface area contributed by atoms with Crippen LogP contribution in [0.15, 0.2) is 0 Å². The zero-order valence-corrected chi connectivity index (χ0v) is 17.9. The van der Waals surface area contributed by atoms with Gasteiger partial charge in [-0.2, -0.15) is 5.26 Å². The Morgan fingerprint density at radius 2 is 1.27 bits per heavy atom. The van der Waals surface area contributed by atoms with E-state index in [4.69, 9.17) is 0 Å². The van der Waals surface area contributed by atoms with Gasteiger partial charge in [0.25, 0.3) is 0 Å². The molecule has 2 aliphatic carbocycles. The summed E-state index contributed by atoms with van der Waals surface area (Å²) in [7, 11) is 0. The number of nitriles is 1. The molecule has 0 spiro atoms. The molecule has 1 nitrogen and oxygen atoms in total. The summed E-state index contributed by atoms with van der Waals surface area (Å²) in [6.07, 6.45) is 24.6. The van der Waals surface area contributed by atoms with E-state index in [0.717, 1.165) is 17.8 Å². The van der Waals surface area contributed by atoms with Crippen LogP contribution < -0.4 is 0 Å². The fourth-order valence-electron chi connectivity index (χ4n) is 5.67. The third kappa shape index (κ3) is 7.25. The van der Waals surface area contributed by atoms with E-state index in [9.17, 15) is 5.26 Å². The van der Waals surface area contributed by atoms with Crippen molar-refractivity contribution in [3.63, 3.8) is 0 Å². The van der Waals surface area contributed by atoms with Crippen molar-refractivity contribution in [2.24, 2.45) is 23.2 Å². The first-order valence-corrected chi connectivity index (χ1v) is 12.1. The first-order valence-electron chi connectivity index (χ1n) is 12.1. The molecule has 150 valence electrons. The van der Waals surface area contributed by atoms with Crippen LogP contribution in [0, 0.1) is 34.5 Å².